The van der Waals surface area contributed by atoms with Crippen molar-refractivity contribution in [3.63, 3.8) is 0 Å². The van der Waals surface area contributed by atoms with E-state index in [0.717, 1.165) is 6.29 Å². The fraction of sp³-hybridized carbons (Fsp3) is 0.943. The van der Waals surface area contributed by atoms with Crippen molar-refractivity contribution in [2.45, 2.75) is 199 Å². The number of ether oxygens (including phenoxy) is 2. The zero-order valence-corrected chi connectivity index (χ0v) is 45.2. The van der Waals surface area contributed by atoms with Crippen LogP contribution >= 0.6 is 0 Å². The van der Waals surface area contributed by atoms with Crippen molar-refractivity contribution in [1.29, 1.82) is 0 Å². The molecule has 19 heteroatoms. The Hall–Kier alpha value is 0.298. The summed E-state index contributed by atoms with van der Waals surface area (Å²) >= 11 is 0. The first-order valence-electron chi connectivity index (χ1n) is 19.6. The van der Waals surface area contributed by atoms with Crippen molar-refractivity contribution < 1.29 is 50.0 Å². The average molecular weight is 889 g/mol. The van der Waals surface area contributed by atoms with E-state index in [1.807, 2.05) is 0 Å². The highest BCUT2D eigenvalue weighted by Gasteiger charge is 2.53. The second kappa shape index (κ2) is 20.0. The van der Waals surface area contributed by atoms with E-state index in [-0.39, 0.29) is 12.5 Å². The molecule has 0 unspecified atom stereocenters. The maximum atomic E-state index is 13.5. The fourth-order valence-corrected chi connectivity index (χ4v) is 12.6. The number of carbonyl (C=O) groups excluding carboxylic acids is 2. The molecule has 320 valence electrons. The Morgan fingerprint density at radius 2 is 1.06 bits per heavy atom. The SMILES string of the molecule is CC(=O)N[C@H]1[C@H](O[C@H](C=O)[C@@H](O[Si](C)(C)C)[C@H](O[Si](C)(C)C)[C@@H](CO[Si](C)(C)C)O[Si](C)(C)C)O[C@H](CO[Si](C)(C)C)[C@@H](O[Si](C)(C)C)[C@@H]1O[Si](C)(C)C. The minimum absolute atomic E-state index is 0.241. The minimum atomic E-state index is -2.38. The zero-order chi connectivity index (χ0) is 42.5. The highest BCUT2D eigenvalue weighted by molar-refractivity contribution is 6.72. The number of rotatable bonds is 23. The van der Waals surface area contributed by atoms with Crippen molar-refractivity contribution in [2.24, 2.45) is 0 Å². The number of amides is 1. The van der Waals surface area contributed by atoms with Crippen molar-refractivity contribution in [2.75, 3.05) is 13.2 Å². The molecule has 0 saturated carbocycles. The van der Waals surface area contributed by atoms with Gasteiger partial charge < -0.3 is 50.6 Å². The van der Waals surface area contributed by atoms with Crippen LogP contribution in [0.3, 0.4) is 0 Å². The summed E-state index contributed by atoms with van der Waals surface area (Å²) in [6.07, 6.45) is -5.43. The highest BCUT2D eigenvalue weighted by atomic mass is 28.4. The summed E-state index contributed by atoms with van der Waals surface area (Å²) in [5.74, 6) is -0.283. The van der Waals surface area contributed by atoms with Gasteiger partial charge in [-0.05, 0) is 137 Å². The predicted octanol–water partition coefficient (Wildman–Crippen LogP) is 7.60. The summed E-state index contributed by atoms with van der Waals surface area (Å²) in [6, 6.07) is -0.811. The normalized spacial score (nSPS) is 24.8. The minimum Gasteiger partial charge on any atom is -0.415 e. The Kier molecular flexibility index (Phi) is 19.4. The van der Waals surface area contributed by atoms with Gasteiger partial charge in [0, 0.05) is 6.92 Å². The van der Waals surface area contributed by atoms with Crippen LogP contribution in [0.1, 0.15) is 6.92 Å². The van der Waals surface area contributed by atoms with Crippen LogP contribution in [0.15, 0.2) is 0 Å². The molecule has 1 N–H and O–H groups in total. The van der Waals surface area contributed by atoms with Crippen molar-refractivity contribution in [1.82, 2.24) is 5.32 Å². The molecule has 0 aliphatic carbocycles. The first kappa shape index (κ1) is 52.3. The van der Waals surface area contributed by atoms with Gasteiger partial charge in [0.25, 0.3) is 0 Å². The Labute approximate surface area is 337 Å². The summed E-state index contributed by atoms with van der Waals surface area (Å²) < 4.78 is 61.3. The maximum Gasteiger partial charge on any atom is 0.217 e. The number of hydrogen-bond donors (Lipinski definition) is 1. The van der Waals surface area contributed by atoms with Gasteiger partial charge in [-0.1, -0.05) is 0 Å². The molecule has 12 nitrogen and oxygen atoms in total. The van der Waals surface area contributed by atoms with E-state index in [9.17, 15) is 9.59 Å². The third kappa shape index (κ3) is 21.9. The van der Waals surface area contributed by atoms with E-state index in [2.05, 4.69) is 143 Å². The second-order valence-corrected chi connectivity index (χ2v) is 52.7. The Morgan fingerprint density at radius 1 is 0.611 bits per heavy atom. The molecule has 9 atom stereocenters. The molecule has 0 aromatic rings. The van der Waals surface area contributed by atoms with E-state index in [0.29, 0.717) is 6.61 Å². The van der Waals surface area contributed by atoms with Crippen LogP contribution in [0.25, 0.3) is 0 Å². The summed E-state index contributed by atoms with van der Waals surface area (Å²) in [5.41, 5.74) is 0. The third-order valence-corrected chi connectivity index (χ3v) is 14.3. The average Bonchev–Trinajstić information content (AvgIpc) is 2.89. The summed E-state index contributed by atoms with van der Waals surface area (Å²) in [4.78, 5) is 26.5. The van der Waals surface area contributed by atoms with Crippen LogP contribution in [-0.4, -0.2) is 139 Å². The molecule has 1 heterocycles. The van der Waals surface area contributed by atoms with E-state index < -0.39 is 113 Å². The first-order valence-corrected chi connectivity index (χ1v) is 43.4. The predicted molar refractivity (Wildman–Crippen MR) is 237 cm³/mol. The van der Waals surface area contributed by atoms with E-state index >= 15 is 0 Å². The van der Waals surface area contributed by atoms with Gasteiger partial charge in [0.2, 0.25) is 5.91 Å². The Balaban J connectivity index is 4.06. The lowest BCUT2D eigenvalue weighted by Crippen LogP contribution is -2.69. The molecule has 1 rings (SSSR count). The molecule has 0 aromatic heterocycles. The van der Waals surface area contributed by atoms with Crippen LogP contribution in [0.4, 0.5) is 0 Å². The van der Waals surface area contributed by atoms with Crippen LogP contribution in [0.5, 0.6) is 0 Å². The number of nitrogens with one attached hydrogen (secondary N) is 1. The van der Waals surface area contributed by atoms with Gasteiger partial charge in [-0.25, -0.2) is 0 Å². The second-order valence-electron chi connectivity index (χ2n) is 21.4. The lowest BCUT2D eigenvalue weighted by molar-refractivity contribution is -0.281. The van der Waals surface area contributed by atoms with Gasteiger partial charge in [0.1, 0.15) is 36.6 Å². The van der Waals surface area contributed by atoms with Crippen LogP contribution in [-0.2, 0) is 50.0 Å². The molecular formula is C35H81NO11Si7. The fourth-order valence-electron chi connectivity index (χ4n) is 5.79. The van der Waals surface area contributed by atoms with Gasteiger partial charge in [0.05, 0.1) is 25.4 Å². The van der Waals surface area contributed by atoms with Gasteiger partial charge in [0.15, 0.2) is 70.8 Å². The number of aldehydes is 1. The van der Waals surface area contributed by atoms with Crippen LogP contribution in [0.2, 0.25) is 137 Å². The Morgan fingerprint density at radius 3 is 1.44 bits per heavy atom. The molecular weight excluding hydrogens is 807 g/mol. The monoisotopic (exact) mass is 887 g/mol. The third-order valence-electron chi connectivity index (χ3n) is 7.28. The molecule has 0 radical (unpaired) electrons. The van der Waals surface area contributed by atoms with E-state index in [1.165, 1.54) is 6.92 Å². The van der Waals surface area contributed by atoms with Crippen molar-refractivity contribution >= 4 is 70.4 Å². The summed E-state index contributed by atoms with van der Waals surface area (Å²) in [7, 11) is -15.3. The van der Waals surface area contributed by atoms with Crippen molar-refractivity contribution in [3.8, 4) is 0 Å². The lowest BCUT2D eigenvalue weighted by Gasteiger charge is -2.51. The van der Waals surface area contributed by atoms with Crippen LogP contribution in [0, 0.1) is 0 Å². The smallest absolute Gasteiger partial charge is 0.217 e. The summed E-state index contributed by atoms with van der Waals surface area (Å²) in [5, 5.41) is 3.09. The molecule has 54 heavy (non-hydrogen) atoms. The van der Waals surface area contributed by atoms with Gasteiger partial charge in [-0.3, -0.25) is 4.79 Å². The lowest BCUT2D eigenvalue weighted by atomic mass is 9.96. The zero-order valence-electron chi connectivity index (χ0n) is 38.2. The number of carbonyl (C=O) groups is 2. The van der Waals surface area contributed by atoms with Gasteiger partial charge >= 0.3 is 0 Å². The molecule has 1 amide bonds. The molecule has 1 aliphatic heterocycles. The number of hydrogen-bond acceptors (Lipinski definition) is 11. The Bertz CT molecular complexity index is 1170. The maximum absolute atomic E-state index is 13.5. The van der Waals surface area contributed by atoms with Crippen LogP contribution < -0.4 is 5.32 Å². The highest BCUT2D eigenvalue weighted by Crippen LogP contribution is 2.34. The van der Waals surface area contributed by atoms with E-state index in [1.54, 1.807) is 0 Å². The largest absolute Gasteiger partial charge is 0.415 e. The molecule has 1 saturated heterocycles. The molecule has 0 aromatic carbocycles. The first-order chi connectivity index (χ1) is 23.9. The van der Waals surface area contributed by atoms with E-state index in [4.69, 9.17) is 40.5 Å². The quantitative estimate of drug-likeness (QED) is 0.0805. The van der Waals surface area contributed by atoms with Gasteiger partial charge in [-0.2, -0.15) is 0 Å². The molecule has 0 spiro atoms. The van der Waals surface area contributed by atoms with Crippen molar-refractivity contribution in [3.05, 3.63) is 0 Å². The topological polar surface area (TPSA) is 129 Å². The molecule has 1 fully saturated rings. The molecule has 0 bridgehead atoms. The molecule has 1 aliphatic rings. The standard InChI is InChI=1S/C35H81NO11Si7/c1-26(38)36-30-34(47-54(20,21)22)32(45-52(14,15)16)28(24-39-48(2,3)4)42-35(30)41-27(23-37)31(44-51(11,12)13)33(46-53(17,18)19)29(43-50(8,9)10)25-40-49(5,6)7/h23,27-35H,24-25H2,1-22H3,(H,36,38)/t27-,28-,29-,30-,31-,32-,33-,34-,35-/m1/s1. The van der Waals surface area contributed by atoms with Gasteiger partial charge in [-0.15, -0.1) is 0 Å². The summed E-state index contributed by atoms with van der Waals surface area (Å²) in [6.45, 7) is 46.5.